The minimum atomic E-state index is -3.13. The maximum Gasteiger partial charge on any atom is 0.290 e. The summed E-state index contributed by atoms with van der Waals surface area (Å²) in [7, 11) is 0. The molecular formula is C20H19F2N5O2. The van der Waals surface area contributed by atoms with E-state index in [4.69, 9.17) is 0 Å². The van der Waals surface area contributed by atoms with Gasteiger partial charge in [-0.05, 0) is 18.4 Å². The summed E-state index contributed by atoms with van der Waals surface area (Å²) in [6.45, 7) is -0.334. The van der Waals surface area contributed by atoms with Gasteiger partial charge in [0.25, 0.3) is 11.8 Å². The second-order valence-corrected chi connectivity index (χ2v) is 6.83. The molecule has 1 aliphatic carbocycles. The summed E-state index contributed by atoms with van der Waals surface area (Å²) in [5, 5.41) is 16.6. The topological polar surface area (TPSA) is 92.9 Å². The molecule has 1 amide bonds. The van der Waals surface area contributed by atoms with Crippen LogP contribution in [-0.2, 0) is 12.3 Å². The van der Waals surface area contributed by atoms with Crippen LogP contribution in [-0.4, -0.2) is 37.4 Å². The Morgan fingerprint density at radius 2 is 2.07 bits per heavy atom. The summed E-state index contributed by atoms with van der Waals surface area (Å²) in [5.74, 6) is -3.64. The highest BCUT2D eigenvalue weighted by molar-refractivity contribution is 5.94. The van der Waals surface area contributed by atoms with Crippen LogP contribution >= 0.6 is 0 Å². The lowest BCUT2D eigenvalue weighted by Gasteiger charge is -2.23. The van der Waals surface area contributed by atoms with Gasteiger partial charge in [-0.1, -0.05) is 30.3 Å². The van der Waals surface area contributed by atoms with Gasteiger partial charge in [0.15, 0.2) is 11.5 Å². The molecule has 0 aliphatic heterocycles. The molecule has 1 aromatic carbocycles. The maximum atomic E-state index is 14.7. The quantitative estimate of drug-likeness (QED) is 0.688. The lowest BCUT2D eigenvalue weighted by Crippen LogP contribution is -2.32. The average molecular weight is 399 g/mol. The van der Waals surface area contributed by atoms with E-state index in [1.54, 1.807) is 24.3 Å². The van der Waals surface area contributed by atoms with Crippen molar-refractivity contribution in [2.24, 2.45) is 0 Å². The van der Waals surface area contributed by atoms with Gasteiger partial charge in [0.2, 0.25) is 0 Å². The summed E-state index contributed by atoms with van der Waals surface area (Å²) >= 11 is 0. The minimum absolute atomic E-state index is 0.0839. The van der Waals surface area contributed by atoms with Gasteiger partial charge in [-0.15, -0.1) is 0 Å². The Morgan fingerprint density at radius 3 is 2.76 bits per heavy atom. The highest BCUT2D eigenvalue weighted by atomic mass is 19.3. The Kier molecular flexibility index (Phi) is 5.06. The number of hydrogen-bond donors (Lipinski definition) is 2. The fourth-order valence-corrected chi connectivity index (χ4v) is 3.56. The van der Waals surface area contributed by atoms with Crippen molar-refractivity contribution in [1.82, 2.24) is 25.1 Å². The summed E-state index contributed by atoms with van der Waals surface area (Å²) in [6, 6.07) is 8.25. The van der Waals surface area contributed by atoms with Crippen LogP contribution in [0.15, 0.2) is 48.9 Å². The number of alkyl halides is 2. The predicted molar refractivity (Wildman–Crippen MR) is 99.7 cm³/mol. The molecule has 1 atom stereocenters. The molecule has 29 heavy (non-hydrogen) atoms. The molecule has 0 fully saturated rings. The van der Waals surface area contributed by atoms with Crippen LogP contribution in [0.1, 0.15) is 46.2 Å². The van der Waals surface area contributed by atoms with Gasteiger partial charge < -0.3 is 10.4 Å². The number of hydrogen-bond acceptors (Lipinski definition) is 5. The zero-order chi connectivity index (χ0) is 20.4. The monoisotopic (exact) mass is 399 g/mol. The van der Waals surface area contributed by atoms with Gasteiger partial charge in [-0.25, -0.2) is 9.67 Å². The lowest BCUT2D eigenvalue weighted by atomic mass is 9.92. The van der Waals surface area contributed by atoms with Gasteiger partial charge in [0.1, 0.15) is 5.69 Å². The number of fused-ring (bicyclic) bond motifs is 1. The van der Waals surface area contributed by atoms with Crippen molar-refractivity contribution in [3.05, 3.63) is 71.4 Å². The average Bonchev–Trinajstić information content (AvgIpc) is 3.14. The minimum Gasteiger partial charge on any atom is -0.394 e. The van der Waals surface area contributed by atoms with Gasteiger partial charge >= 0.3 is 0 Å². The van der Waals surface area contributed by atoms with Crippen LogP contribution in [0.4, 0.5) is 8.78 Å². The number of aliphatic hydroxyl groups excluding tert-OH is 1. The maximum absolute atomic E-state index is 14.7. The van der Waals surface area contributed by atoms with Gasteiger partial charge in [-0.3, -0.25) is 9.78 Å². The van der Waals surface area contributed by atoms with Gasteiger partial charge in [-0.2, -0.15) is 13.9 Å². The number of nitrogens with one attached hydrogen (secondary N) is 1. The molecule has 1 aliphatic rings. The molecule has 2 N–H and O–H groups in total. The number of halogens is 2. The molecule has 0 spiro atoms. The van der Waals surface area contributed by atoms with E-state index in [0.717, 1.165) is 4.68 Å². The van der Waals surface area contributed by atoms with E-state index in [9.17, 15) is 18.7 Å². The van der Waals surface area contributed by atoms with Crippen LogP contribution in [0.25, 0.3) is 5.82 Å². The zero-order valence-corrected chi connectivity index (χ0v) is 15.4. The first-order valence-electron chi connectivity index (χ1n) is 9.24. The Bertz CT molecular complexity index is 1010. The summed E-state index contributed by atoms with van der Waals surface area (Å²) < 4.78 is 30.5. The Balaban J connectivity index is 1.74. The van der Waals surface area contributed by atoms with Crippen molar-refractivity contribution in [2.45, 2.75) is 31.2 Å². The number of amides is 1. The van der Waals surface area contributed by atoms with Crippen molar-refractivity contribution >= 4 is 5.91 Å². The van der Waals surface area contributed by atoms with Gasteiger partial charge in [0.05, 0.1) is 18.8 Å². The van der Waals surface area contributed by atoms with E-state index < -0.39 is 17.9 Å². The number of nitrogens with zero attached hydrogens (tertiary/aromatic N) is 4. The van der Waals surface area contributed by atoms with Crippen molar-refractivity contribution in [3.63, 3.8) is 0 Å². The molecule has 150 valence electrons. The number of aromatic nitrogens is 4. The number of carbonyl (C=O) groups is 1. The zero-order valence-electron chi connectivity index (χ0n) is 15.4. The normalized spacial score (nSPS) is 16.1. The lowest BCUT2D eigenvalue weighted by molar-refractivity contribution is -0.0283. The Morgan fingerprint density at radius 1 is 1.28 bits per heavy atom. The van der Waals surface area contributed by atoms with E-state index in [1.807, 2.05) is 6.07 Å². The molecular weight excluding hydrogens is 380 g/mol. The van der Waals surface area contributed by atoms with Crippen molar-refractivity contribution in [3.8, 4) is 5.82 Å². The number of benzene rings is 1. The summed E-state index contributed by atoms with van der Waals surface area (Å²) in [4.78, 5) is 20.9. The Labute approximate surface area is 165 Å². The van der Waals surface area contributed by atoms with Crippen molar-refractivity contribution < 1.29 is 18.7 Å². The second-order valence-electron chi connectivity index (χ2n) is 6.83. The number of aliphatic hydroxyl groups is 1. The first-order chi connectivity index (χ1) is 14.0. The highest BCUT2D eigenvalue weighted by Crippen LogP contribution is 2.42. The SMILES string of the molecule is O=C(NC(CO)c1ccccc1)c1nn(-c2cnccn2)c2c1CCCC2(F)F. The largest absolute Gasteiger partial charge is 0.394 e. The van der Waals surface area contributed by atoms with Crippen LogP contribution in [0.3, 0.4) is 0 Å². The molecule has 2 heterocycles. The summed E-state index contributed by atoms with van der Waals surface area (Å²) in [5.41, 5.74) is 0.499. The standard InChI is InChI=1S/C20H19F2N5O2/c21-20(22)8-4-7-14-17(26-27(18(14)20)16-11-23-9-10-24-16)19(29)25-15(12-28)13-5-2-1-3-6-13/h1-3,5-6,9-11,15,28H,4,7-8,12H2,(H,25,29). The Hall–Kier alpha value is -3.20. The molecule has 3 aromatic rings. The molecule has 4 rings (SSSR count). The number of rotatable bonds is 5. The van der Waals surface area contributed by atoms with E-state index >= 15 is 0 Å². The predicted octanol–water partition coefficient (Wildman–Crippen LogP) is 2.55. The molecule has 0 saturated heterocycles. The van der Waals surface area contributed by atoms with Crippen LogP contribution < -0.4 is 5.32 Å². The van der Waals surface area contributed by atoms with Crippen molar-refractivity contribution in [2.75, 3.05) is 6.61 Å². The molecule has 0 radical (unpaired) electrons. The fraction of sp³-hybridized carbons (Fsp3) is 0.300. The molecule has 1 unspecified atom stereocenters. The van der Waals surface area contributed by atoms with E-state index in [2.05, 4.69) is 20.4 Å². The first kappa shape index (κ1) is 19.1. The van der Waals surface area contributed by atoms with Crippen LogP contribution in [0.5, 0.6) is 0 Å². The first-order valence-corrected chi connectivity index (χ1v) is 9.24. The number of carbonyl (C=O) groups excluding carboxylic acids is 1. The third-order valence-corrected chi connectivity index (χ3v) is 4.92. The van der Waals surface area contributed by atoms with Crippen LogP contribution in [0.2, 0.25) is 0 Å². The highest BCUT2D eigenvalue weighted by Gasteiger charge is 2.44. The van der Waals surface area contributed by atoms with E-state index in [-0.39, 0.29) is 42.2 Å². The third-order valence-electron chi connectivity index (χ3n) is 4.92. The molecule has 9 heteroatoms. The smallest absolute Gasteiger partial charge is 0.290 e. The summed E-state index contributed by atoms with van der Waals surface area (Å²) in [6.07, 6.45) is 4.35. The molecule has 7 nitrogen and oxygen atoms in total. The fourth-order valence-electron chi connectivity index (χ4n) is 3.56. The molecule has 2 aromatic heterocycles. The van der Waals surface area contributed by atoms with Gasteiger partial charge in [0, 0.05) is 24.4 Å². The van der Waals surface area contributed by atoms with Crippen molar-refractivity contribution in [1.29, 1.82) is 0 Å². The molecule has 0 bridgehead atoms. The van der Waals surface area contributed by atoms with Crippen LogP contribution in [0, 0.1) is 0 Å². The second kappa shape index (κ2) is 7.67. The molecule has 0 saturated carbocycles. The van der Waals surface area contributed by atoms with E-state index in [0.29, 0.717) is 12.0 Å². The van der Waals surface area contributed by atoms with E-state index in [1.165, 1.54) is 18.6 Å². The third kappa shape index (κ3) is 3.61.